The molecule has 1 aliphatic carbocycles. The predicted octanol–water partition coefficient (Wildman–Crippen LogP) is 5.13. The Labute approximate surface area is 174 Å². The first-order valence-corrected chi connectivity index (χ1v) is 10.9. The molecule has 1 aromatic rings. The van der Waals surface area contributed by atoms with E-state index in [-0.39, 0.29) is 0 Å². The lowest BCUT2D eigenvalue weighted by Gasteiger charge is -2.28. The van der Waals surface area contributed by atoms with Crippen LogP contribution in [-0.4, -0.2) is 50.9 Å². The monoisotopic (exact) mass is 410 g/mol. The molecule has 0 aromatic heterocycles. The van der Waals surface area contributed by atoms with E-state index in [2.05, 4.69) is 24.3 Å². The van der Waals surface area contributed by atoms with E-state index in [0.29, 0.717) is 29.3 Å². The van der Waals surface area contributed by atoms with Gasteiger partial charge in [-0.05, 0) is 89.3 Å². The van der Waals surface area contributed by atoms with E-state index in [1.54, 1.807) is 24.3 Å². The van der Waals surface area contributed by atoms with Gasteiger partial charge >= 0.3 is 6.09 Å². The van der Waals surface area contributed by atoms with Crippen LogP contribution in [0.5, 0.6) is 5.75 Å². The van der Waals surface area contributed by atoms with Crippen molar-refractivity contribution in [1.82, 2.24) is 10.2 Å². The number of hydrogen-bond acceptors (Lipinski definition) is 4. The molecule has 158 valence electrons. The van der Waals surface area contributed by atoms with Gasteiger partial charge in [-0.2, -0.15) is 0 Å². The molecular formula is C22H35ClN2O3. The molecule has 1 amide bonds. The summed E-state index contributed by atoms with van der Waals surface area (Å²) in [7, 11) is 4.25. The van der Waals surface area contributed by atoms with Crippen molar-refractivity contribution in [2.24, 2.45) is 5.92 Å². The maximum atomic E-state index is 11.9. The molecule has 6 heteroatoms. The van der Waals surface area contributed by atoms with E-state index < -0.39 is 6.09 Å². The van der Waals surface area contributed by atoms with Gasteiger partial charge in [-0.3, -0.25) is 0 Å². The quantitative estimate of drug-likeness (QED) is 0.514. The Morgan fingerprint density at radius 2 is 1.75 bits per heavy atom. The number of unbranched alkanes of at least 4 members (excludes halogenated alkanes) is 3. The summed E-state index contributed by atoms with van der Waals surface area (Å²) >= 11 is 5.83. The molecule has 28 heavy (non-hydrogen) atoms. The number of nitrogens with one attached hydrogen (secondary N) is 1. The highest BCUT2D eigenvalue weighted by Crippen LogP contribution is 2.26. The molecular weight excluding hydrogens is 376 g/mol. The number of amides is 1. The van der Waals surface area contributed by atoms with Crippen molar-refractivity contribution >= 4 is 17.7 Å². The van der Waals surface area contributed by atoms with Crippen LogP contribution in [0.3, 0.4) is 0 Å². The lowest BCUT2D eigenvalue weighted by atomic mass is 9.87. The Morgan fingerprint density at radius 3 is 2.43 bits per heavy atom. The molecule has 0 heterocycles. The lowest BCUT2D eigenvalue weighted by molar-refractivity contribution is 0.0163. The second kappa shape index (κ2) is 13.0. The van der Waals surface area contributed by atoms with E-state index in [9.17, 15) is 4.79 Å². The van der Waals surface area contributed by atoms with Gasteiger partial charge in [0.2, 0.25) is 0 Å². The molecule has 0 saturated heterocycles. The highest BCUT2D eigenvalue weighted by Gasteiger charge is 2.22. The Kier molecular flexibility index (Phi) is 10.7. The van der Waals surface area contributed by atoms with Crippen molar-refractivity contribution in [1.29, 1.82) is 0 Å². The van der Waals surface area contributed by atoms with E-state index in [4.69, 9.17) is 21.1 Å². The van der Waals surface area contributed by atoms with Gasteiger partial charge in [-0.25, -0.2) is 4.79 Å². The number of rotatable bonds is 11. The minimum atomic E-state index is -0.407. The van der Waals surface area contributed by atoms with E-state index >= 15 is 0 Å². The molecule has 0 spiro atoms. The maximum absolute atomic E-state index is 11.9. The van der Waals surface area contributed by atoms with Gasteiger partial charge in [0.1, 0.15) is 5.75 Å². The van der Waals surface area contributed by atoms with Crippen LogP contribution in [0, 0.1) is 5.92 Å². The largest absolute Gasteiger partial charge is 0.412 e. The summed E-state index contributed by atoms with van der Waals surface area (Å²) in [6.45, 7) is 2.71. The number of halogens is 1. The Balaban J connectivity index is 1.49. The number of ether oxygens (including phenoxy) is 2. The highest BCUT2D eigenvalue weighted by molar-refractivity contribution is 6.30. The number of benzene rings is 1. The van der Waals surface area contributed by atoms with Crippen LogP contribution in [0.25, 0.3) is 0 Å². The third-order valence-electron chi connectivity index (χ3n) is 5.21. The summed E-state index contributed by atoms with van der Waals surface area (Å²) in [5.41, 5.74) is 0. The molecule has 1 N–H and O–H groups in total. The topological polar surface area (TPSA) is 50.8 Å². The normalized spacial score (nSPS) is 19.6. The van der Waals surface area contributed by atoms with Gasteiger partial charge in [0.25, 0.3) is 0 Å². The zero-order valence-corrected chi connectivity index (χ0v) is 18.0. The number of carbonyl (C=O) groups excluding carboxylic acids is 1. The van der Waals surface area contributed by atoms with E-state index in [1.165, 1.54) is 25.8 Å². The minimum absolute atomic E-state index is 0.388. The van der Waals surface area contributed by atoms with Gasteiger partial charge in [0.05, 0.1) is 6.10 Å². The summed E-state index contributed by atoms with van der Waals surface area (Å²) < 4.78 is 11.3. The van der Waals surface area contributed by atoms with Crippen LogP contribution in [0.4, 0.5) is 4.79 Å². The third-order valence-corrected chi connectivity index (χ3v) is 5.46. The Bertz CT molecular complexity index is 557. The minimum Gasteiger partial charge on any atom is -0.410 e. The van der Waals surface area contributed by atoms with E-state index in [0.717, 1.165) is 38.7 Å². The van der Waals surface area contributed by atoms with Crippen molar-refractivity contribution in [3.05, 3.63) is 29.3 Å². The fourth-order valence-corrected chi connectivity index (χ4v) is 3.64. The number of nitrogens with zero attached hydrogens (tertiary/aromatic N) is 1. The van der Waals surface area contributed by atoms with Crippen molar-refractivity contribution in [3.63, 3.8) is 0 Å². The van der Waals surface area contributed by atoms with Crippen molar-refractivity contribution < 1.29 is 14.3 Å². The maximum Gasteiger partial charge on any atom is 0.412 e. The molecule has 0 aliphatic heterocycles. The molecule has 0 atom stereocenters. The van der Waals surface area contributed by atoms with Crippen LogP contribution >= 0.6 is 11.6 Å². The Hall–Kier alpha value is -1.30. The number of carbonyl (C=O) groups is 1. The Morgan fingerprint density at radius 1 is 1.07 bits per heavy atom. The summed E-state index contributed by atoms with van der Waals surface area (Å²) in [6.07, 6.45) is 9.29. The third kappa shape index (κ3) is 9.76. The second-order valence-corrected chi connectivity index (χ2v) is 8.39. The fourth-order valence-electron chi connectivity index (χ4n) is 3.51. The first-order valence-electron chi connectivity index (χ1n) is 10.5. The zero-order chi connectivity index (χ0) is 20.2. The second-order valence-electron chi connectivity index (χ2n) is 7.96. The summed E-state index contributed by atoms with van der Waals surface area (Å²) in [5.74, 6) is 1.00. The van der Waals surface area contributed by atoms with Crippen molar-refractivity contribution in [2.75, 3.05) is 33.8 Å². The summed E-state index contributed by atoms with van der Waals surface area (Å²) in [4.78, 5) is 14.1. The average molecular weight is 411 g/mol. The van der Waals surface area contributed by atoms with Crippen LogP contribution in [0.15, 0.2) is 24.3 Å². The smallest absolute Gasteiger partial charge is 0.410 e. The summed E-state index contributed by atoms with van der Waals surface area (Å²) in [5, 5.41) is 3.49. The van der Waals surface area contributed by atoms with Gasteiger partial charge in [0.15, 0.2) is 0 Å². The SMILES string of the molecule is CN(C)CCCCCCOC1CCC(CNC(=O)Oc2ccc(Cl)cc2)CC1. The molecule has 0 bridgehead atoms. The van der Waals surface area contributed by atoms with Crippen molar-refractivity contribution in [2.45, 2.75) is 57.5 Å². The molecule has 1 aromatic carbocycles. The number of hydrogen-bond donors (Lipinski definition) is 1. The van der Waals surface area contributed by atoms with Gasteiger partial charge < -0.3 is 19.7 Å². The fraction of sp³-hybridized carbons (Fsp3) is 0.682. The zero-order valence-electron chi connectivity index (χ0n) is 17.3. The van der Waals surface area contributed by atoms with Crippen LogP contribution in [-0.2, 0) is 4.74 Å². The molecule has 5 nitrogen and oxygen atoms in total. The predicted molar refractivity (Wildman–Crippen MR) is 114 cm³/mol. The average Bonchev–Trinajstić information content (AvgIpc) is 2.68. The first kappa shape index (κ1) is 23.0. The molecule has 1 saturated carbocycles. The molecule has 0 radical (unpaired) electrons. The van der Waals surface area contributed by atoms with Crippen LogP contribution in [0.2, 0.25) is 5.02 Å². The molecule has 1 fully saturated rings. The summed E-state index contributed by atoms with van der Waals surface area (Å²) in [6, 6.07) is 6.78. The van der Waals surface area contributed by atoms with E-state index in [1.807, 2.05) is 0 Å². The lowest BCUT2D eigenvalue weighted by Crippen LogP contribution is -2.34. The van der Waals surface area contributed by atoms with Gasteiger partial charge in [0, 0.05) is 18.2 Å². The molecule has 0 unspecified atom stereocenters. The van der Waals surface area contributed by atoms with Crippen LogP contribution in [0.1, 0.15) is 51.4 Å². The van der Waals surface area contributed by atoms with Gasteiger partial charge in [-0.15, -0.1) is 0 Å². The molecule has 1 aliphatic rings. The molecule has 2 rings (SSSR count). The first-order chi connectivity index (χ1) is 13.5. The van der Waals surface area contributed by atoms with Crippen LogP contribution < -0.4 is 10.1 Å². The standard InChI is InChI=1S/C22H35ClN2O3/c1-25(2)15-5-3-4-6-16-27-20-11-7-18(8-12-20)17-24-22(26)28-21-13-9-19(23)10-14-21/h9-10,13-14,18,20H,3-8,11-12,15-17H2,1-2H3,(H,24,26). The highest BCUT2D eigenvalue weighted by atomic mass is 35.5. The van der Waals surface area contributed by atoms with Gasteiger partial charge in [-0.1, -0.05) is 24.4 Å². The van der Waals surface area contributed by atoms with Crippen molar-refractivity contribution in [3.8, 4) is 5.75 Å².